The Hall–Kier alpha value is -1.18. The second kappa shape index (κ2) is 17.3. The van der Waals surface area contributed by atoms with Gasteiger partial charge < -0.3 is 19.6 Å². The van der Waals surface area contributed by atoms with Crippen molar-refractivity contribution in [1.82, 2.24) is 19.6 Å². The molecule has 0 aliphatic carbocycles. The fourth-order valence-corrected chi connectivity index (χ4v) is 12.3. The highest BCUT2D eigenvalue weighted by Gasteiger charge is 2.50. The van der Waals surface area contributed by atoms with Gasteiger partial charge in [0.2, 0.25) is 0 Å². The van der Waals surface area contributed by atoms with Gasteiger partial charge in [0.15, 0.2) is 0 Å². The van der Waals surface area contributed by atoms with Crippen LogP contribution < -0.4 is 0 Å². The standard InChI is InChI=1S/C40H60Cl2N6O2S2/c1-43-19-11-31(12-20-43)47(5,32-13-21-44(2)22-14-32)39(49)35-9-7-29(41)27-37(35)51-52-38-28-30(42)8-10-36(38)40(50)48(6,33-15-23-45(3)24-16-33)34-17-25-46(4)26-18-34/h7-10,27-28,31-34H,11-26H2,1-6H3/q+2. The molecule has 0 unspecified atom stereocenters. The Labute approximate surface area is 330 Å². The number of piperidine rings is 4. The van der Waals surface area contributed by atoms with E-state index in [4.69, 9.17) is 23.2 Å². The first kappa shape index (κ1) is 40.5. The summed E-state index contributed by atoms with van der Waals surface area (Å²) in [7, 11) is 16.2. The summed E-state index contributed by atoms with van der Waals surface area (Å²) >= 11 is 13.3. The van der Waals surface area contributed by atoms with Crippen LogP contribution in [0.25, 0.3) is 0 Å². The molecule has 0 atom stereocenters. The third kappa shape index (κ3) is 8.62. The van der Waals surface area contributed by atoms with Crippen molar-refractivity contribution in [2.24, 2.45) is 0 Å². The molecule has 12 heteroatoms. The minimum absolute atomic E-state index is 0.181. The number of carbonyl (C=O) groups excluding carboxylic acids is 2. The van der Waals surface area contributed by atoms with E-state index in [0.29, 0.717) is 19.0 Å². The summed E-state index contributed by atoms with van der Waals surface area (Å²) in [6, 6.07) is 12.5. The van der Waals surface area contributed by atoms with Crippen molar-refractivity contribution in [3.63, 3.8) is 0 Å². The summed E-state index contributed by atoms with van der Waals surface area (Å²) in [6.07, 6.45) is 8.08. The van der Waals surface area contributed by atoms with E-state index in [2.05, 4.69) is 61.9 Å². The Bertz CT molecular complexity index is 1410. The number of nitrogens with zero attached hydrogens (tertiary/aromatic N) is 6. The summed E-state index contributed by atoms with van der Waals surface area (Å²) in [5.41, 5.74) is 1.44. The Morgan fingerprint density at radius 3 is 1.02 bits per heavy atom. The van der Waals surface area contributed by atoms with Gasteiger partial charge in [0, 0.05) is 124 Å². The molecule has 0 N–H and O–H groups in total. The maximum atomic E-state index is 15.1. The van der Waals surface area contributed by atoms with Crippen LogP contribution >= 0.6 is 44.8 Å². The zero-order valence-electron chi connectivity index (χ0n) is 32.2. The number of likely N-dealkylation sites (tertiary alicyclic amines) is 4. The van der Waals surface area contributed by atoms with Gasteiger partial charge in [-0.05, 0) is 64.6 Å². The van der Waals surface area contributed by atoms with E-state index in [1.54, 1.807) is 0 Å². The monoisotopic (exact) mass is 790 g/mol. The summed E-state index contributed by atoms with van der Waals surface area (Å²) in [6.45, 7) is 8.07. The first-order valence-corrected chi connectivity index (χ1v) is 22.2. The van der Waals surface area contributed by atoms with Gasteiger partial charge in [0.25, 0.3) is 0 Å². The lowest BCUT2D eigenvalue weighted by Gasteiger charge is -2.49. The molecule has 286 valence electrons. The van der Waals surface area contributed by atoms with Gasteiger partial charge >= 0.3 is 11.8 Å². The summed E-state index contributed by atoms with van der Waals surface area (Å²) in [5.74, 6) is 0.361. The van der Waals surface area contributed by atoms with Crippen molar-refractivity contribution in [3.8, 4) is 0 Å². The van der Waals surface area contributed by atoms with Crippen LogP contribution in [0.3, 0.4) is 0 Å². The number of hydrogen-bond acceptors (Lipinski definition) is 8. The molecule has 0 saturated carbocycles. The van der Waals surface area contributed by atoms with Gasteiger partial charge in [-0.2, -0.15) is 0 Å². The smallest absolute Gasteiger partial charge is 0.306 e. The lowest BCUT2D eigenvalue weighted by molar-refractivity contribution is -0.883. The Balaban J connectivity index is 1.31. The molecule has 4 fully saturated rings. The average Bonchev–Trinajstić information content (AvgIpc) is 3.14. The van der Waals surface area contributed by atoms with Crippen LogP contribution in [-0.4, -0.2) is 159 Å². The fourth-order valence-electron chi connectivity index (χ4n) is 9.48. The van der Waals surface area contributed by atoms with Crippen LogP contribution in [0.5, 0.6) is 0 Å². The zero-order chi connectivity index (χ0) is 37.2. The van der Waals surface area contributed by atoms with E-state index in [0.717, 1.165) is 125 Å². The topological polar surface area (TPSA) is 47.1 Å². The highest BCUT2D eigenvalue weighted by molar-refractivity contribution is 8.76. The van der Waals surface area contributed by atoms with Gasteiger partial charge in [-0.3, -0.25) is 8.97 Å². The SMILES string of the molecule is CN1CCC([N+](C)(C(=O)c2ccc(Cl)cc2SSc2cc(Cl)ccc2C(=O)[N+](C)(C2CCN(C)CC2)C2CCN(C)CC2)C2CCN(C)CC2)CC1. The van der Waals surface area contributed by atoms with E-state index in [9.17, 15) is 0 Å². The normalized spacial score (nSPS) is 22.2. The van der Waals surface area contributed by atoms with E-state index in [1.165, 1.54) is 21.6 Å². The molecule has 0 aromatic heterocycles. The molecular weight excluding hydrogens is 732 g/mol. The molecule has 4 heterocycles. The largest absolute Gasteiger partial charge is 0.347 e. The lowest BCUT2D eigenvalue weighted by atomic mass is 9.92. The third-order valence-electron chi connectivity index (χ3n) is 13.2. The summed E-state index contributed by atoms with van der Waals surface area (Å²) < 4.78 is 0.872. The van der Waals surface area contributed by atoms with Crippen molar-refractivity contribution in [2.45, 2.75) is 85.3 Å². The van der Waals surface area contributed by atoms with Crippen LogP contribution in [0, 0.1) is 0 Å². The molecule has 2 amide bonds. The van der Waals surface area contributed by atoms with Crippen molar-refractivity contribution >= 4 is 56.6 Å². The van der Waals surface area contributed by atoms with Gasteiger partial charge in [0.1, 0.15) is 0 Å². The highest BCUT2D eigenvalue weighted by atomic mass is 35.5. The number of halogens is 2. The van der Waals surface area contributed by atoms with Crippen LogP contribution in [0.4, 0.5) is 0 Å². The van der Waals surface area contributed by atoms with E-state index in [-0.39, 0.29) is 36.0 Å². The molecule has 6 rings (SSSR count). The van der Waals surface area contributed by atoms with Crippen molar-refractivity contribution < 1.29 is 18.6 Å². The maximum Gasteiger partial charge on any atom is 0.347 e. The van der Waals surface area contributed by atoms with Crippen LogP contribution in [-0.2, 0) is 0 Å². The van der Waals surface area contributed by atoms with Gasteiger partial charge in [-0.1, -0.05) is 44.8 Å². The second-order valence-corrected chi connectivity index (χ2v) is 19.6. The van der Waals surface area contributed by atoms with E-state index < -0.39 is 0 Å². The molecule has 0 bridgehead atoms. The number of carbonyl (C=O) groups is 2. The van der Waals surface area contributed by atoms with Gasteiger partial charge in [-0.25, -0.2) is 9.59 Å². The first-order chi connectivity index (χ1) is 24.8. The minimum Gasteiger partial charge on any atom is -0.306 e. The number of hydrogen-bond donors (Lipinski definition) is 0. The molecular formula is C40H60Cl2N6O2S2+2. The molecule has 8 nitrogen and oxygen atoms in total. The molecule has 2 aromatic carbocycles. The molecule has 0 spiro atoms. The first-order valence-electron chi connectivity index (χ1n) is 19.3. The predicted octanol–water partition coefficient (Wildman–Crippen LogP) is 7.34. The number of amides is 2. The second-order valence-electron chi connectivity index (χ2n) is 16.5. The fraction of sp³-hybridized carbons (Fsp3) is 0.650. The van der Waals surface area contributed by atoms with Gasteiger partial charge in [-0.15, -0.1) is 0 Å². The van der Waals surface area contributed by atoms with Crippen LogP contribution in [0.15, 0.2) is 46.2 Å². The van der Waals surface area contributed by atoms with Crippen molar-refractivity contribution in [1.29, 1.82) is 0 Å². The third-order valence-corrected chi connectivity index (χ3v) is 16.1. The highest BCUT2D eigenvalue weighted by Crippen LogP contribution is 2.45. The molecule has 52 heavy (non-hydrogen) atoms. The summed E-state index contributed by atoms with van der Waals surface area (Å²) in [4.78, 5) is 41.5. The molecule has 0 radical (unpaired) electrons. The molecule has 2 aromatic rings. The molecule has 4 aliphatic rings. The summed E-state index contributed by atoms with van der Waals surface area (Å²) in [5, 5.41) is 1.20. The van der Waals surface area contributed by atoms with Crippen LogP contribution in [0.1, 0.15) is 72.1 Å². The van der Waals surface area contributed by atoms with Gasteiger partial charge in [0.05, 0.1) is 49.4 Å². The Morgan fingerprint density at radius 2 is 0.769 bits per heavy atom. The maximum absolute atomic E-state index is 15.1. The lowest BCUT2D eigenvalue weighted by Crippen LogP contribution is -2.65. The van der Waals surface area contributed by atoms with E-state index >= 15 is 9.59 Å². The van der Waals surface area contributed by atoms with Crippen molar-refractivity contribution in [2.75, 3.05) is 94.6 Å². The zero-order valence-corrected chi connectivity index (χ0v) is 35.3. The minimum atomic E-state index is 0.181. The number of benzene rings is 2. The Kier molecular flexibility index (Phi) is 13.5. The van der Waals surface area contributed by atoms with E-state index in [1.807, 2.05) is 36.4 Å². The quantitative estimate of drug-likeness (QED) is 0.193. The van der Waals surface area contributed by atoms with Crippen LogP contribution in [0.2, 0.25) is 10.0 Å². The number of quaternary nitrogens is 2. The predicted molar refractivity (Wildman–Crippen MR) is 218 cm³/mol. The average molecular weight is 792 g/mol. The van der Waals surface area contributed by atoms with Crippen molar-refractivity contribution in [3.05, 3.63) is 57.6 Å². The molecule has 4 aliphatic heterocycles. The Morgan fingerprint density at radius 1 is 0.519 bits per heavy atom. The number of rotatable bonds is 9. The molecule has 4 saturated heterocycles.